The molecular formula is C21H22F3N7O2. The molecule has 1 unspecified atom stereocenters. The number of carbonyl (C=O) groups is 1. The van der Waals surface area contributed by atoms with Crippen LogP contribution in [0, 0.1) is 5.92 Å². The summed E-state index contributed by atoms with van der Waals surface area (Å²) < 4.78 is 45.2. The predicted octanol–water partition coefficient (Wildman–Crippen LogP) is 2.49. The molecule has 0 spiro atoms. The van der Waals surface area contributed by atoms with Gasteiger partial charge in [0, 0.05) is 19.2 Å². The lowest BCUT2D eigenvalue weighted by atomic mass is 9.97. The number of piperidine rings is 1. The molecule has 1 atom stereocenters. The molecule has 33 heavy (non-hydrogen) atoms. The summed E-state index contributed by atoms with van der Waals surface area (Å²) in [5.41, 5.74) is -0.775. The molecule has 1 aromatic carbocycles. The summed E-state index contributed by atoms with van der Waals surface area (Å²) in [6, 6.07) is 6.45. The van der Waals surface area contributed by atoms with Crippen LogP contribution in [0.4, 0.5) is 19.0 Å². The highest BCUT2D eigenvalue weighted by Crippen LogP contribution is 2.31. The Morgan fingerprint density at radius 1 is 1.18 bits per heavy atom. The highest BCUT2D eigenvalue weighted by molar-refractivity contribution is 5.79. The van der Waals surface area contributed by atoms with Gasteiger partial charge in [0.15, 0.2) is 5.82 Å². The molecular weight excluding hydrogens is 439 g/mol. The maximum atomic E-state index is 12.8. The molecule has 12 heteroatoms. The van der Waals surface area contributed by atoms with E-state index in [-0.39, 0.29) is 30.7 Å². The van der Waals surface area contributed by atoms with Crippen LogP contribution in [-0.4, -0.2) is 56.9 Å². The summed E-state index contributed by atoms with van der Waals surface area (Å²) in [5, 5.41) is 6.87. The highest BCUT2D eigenvalue weighted by atomic mass is 19.4. The number of halogens is 3. The Hall–Kier alpha value is -3.70. The fourth-order valence-corrected chi connectivity index (χ4v) is 3.61. The lowest BCUT2D eigenvalue weighted by Gasteiger charge is -2.32. The molecule has 3 heterocycles. The van der Waals surface area contributed by atoms with Gasteiger partial charge in [-0.3, -0.25) is 4.79 Å². The number of carbonyl (C=O) groups excluding carboxylic acids is 1. The minimum atomic E-state index is -4.43. The Morgan fingerprint density at radius 2 is 2.03 bits per heavy atom. The standard InChI is InChI=1S/C21H22F3N7O2/c22-21(23,24)16-4-1-5-17(9-16)33-8-6-26-20(32)15-3-2-7-30(11-15)18-10-19(28-13-27-18)31-14-25-12-29-31/h1,4-5,9-10,12-15H,2-3,6-8,11H2,(H,26,32). The molecule has 1 aliphatic heterocycles. The number of aromatic nitrogens is 5. The van der Waals surface area contributed by atoms with Gasteiger partial charge in [-0.05, 0) is 31.0 Å². The Kier molecular flexibility index (Phi) is 6.71. The summed E-state index contributed by atoms with van der Waals surface area (Å²) in [7, 11) is 0. The SMILES string of the molecule is O=C(NCCOc1cccc(C(F)(F)F)c1)C1CCCN(c2cc(-n3cncn3)ncn2)C1. The first-order valence-electron chi connectivity index (χ1n) is 10.4. The zero-order valence-electron chi connectivity index (χ0n) is 17.6. The lowest BCUT2D eigenvalue weighted by Crippen LogP contribution is -2.44. The van der Waals surface area contributed by atoms with Gasteiger partial charge in [0.2, 0.25) is 5.91 Å². The van der Waals surface area contributed by atoms with Crippen LogP contribution in [0.2, 0.25) is 0 Å². The van der Waals surface area contributed by atoms with Crippen molar-refractivity contribution in [2.75, 3.05) is 31.1 Å². The average molecular weight is 461 g/mol. The Labute approximate surface area is 187 Å². The number of benzene rings is 1. The maximum absolute atomic E-state index is 12.8. The Bertz CT molecular complexity index is 1080. The number of anilines is 1. The van der Waals surface area contributed by atoms with Gasteiger partial charge in [-0.1, -0.05) is 6.07 Å². The van der Waals surface area contributed by atoms with Crippen molar-refractivity contribution in [2.24, 2.45) is 5.92 Å². The number of ether oxygens (including phenoxy) is 1. The zero-order valence-corrected chi connectivity index (χ0v) is 17.6. The van der Waals surface area contributed by atoms with Crippen LogP contribution in [0.5, 0.6) is 5.75 Å². The van der Waals surface area contributed by atoms with Crippen LogP contribution in [0.1, 0.15) is 18.4 Å². The lowest BCUT2D eigenvalue weighted by molar-refractivity contribution is -0.137. The molecule has 1 saturated heterocycles. The quantitative estimate of drug-likeness (QED) is 0.540. The summed E-state index contributed by atoms with van der Waals surface area (Å²) >= 11 is 0. The first kappa shape index (κ1) is 22.5. The fourth-order valence-electron chi connectivity index (χ4n) is 3.61. The van der Waals surface area contributed by atoms with E-state index < -0.39 is 11.7 Å². The van der Waals surface area contributed by atoms with Crippen molar-refractivity contribution in [1.29, 1.82) is 0 Å². The van der Waals surface area contributed by atoms with E-state index in [1.807, 2.05) is 4.90 Å². The second-order valence-corrected chi connectivity index (χ2v) is 7.52. The third-order valence-corrected chi connectivity index (χ3v) is 5.24. The maximum Gasteiger partial charge on any atom is 0.416 e. The third-order valence-electron chi connectivity index (χ3n) is 5.24. The molecule has 1 aliphatic rings. The van der Waals surface area contributed by atoms with Crippen molar-refractivity contribution >= 4 is 11.7 Å². The van der Waals surface area contributed by atoms with E-state index >= 15 is 0 Å². The van der Waals surface area contributed by atoms with E-state index in [4.69, 9.17) is 4.74 Å². The predicted molar refractivity (Wildman–Crippen MR) is 112 cm³/mol. The molecule has 1 N–H and O–H groups in total. The van der Waals surface area contributed by atoms with Gasteiger partial charge in [0.05, 0.1) is 18.0 Å². The fraction of sp³-hybridized carbons (Fsp3) is 0.381. The molecule has 1 fully saturated rings. The van der Waals surface area contributed by atoms with Crippen LogP contribution in [0.15, 0.2) is 49.3 Å². The summed E-state index contributed by atoms with van der Waals surface area (Å²) in [6.07, 6.45) is 1.53. The molecule has 1 amide bonds. The molecule has 0 aliphatic carbocycles. The molecule has 0 saturated carbocycles. The second kappa shape index (κ2) is 9.84. The van der Waals surface area contributed by atoms with Gasteiger partial charge in [0.25, 0.3) is 0 Å². The molecule has 0 bridgehead atoms. The number of alkyl halides is 3. The van der Waals surface area contributed by atoms with Crippen LogP contribution < -0.4 is 15.0 Å². The first-order chi connectivity index (χ1) is 15.9. The number of amides is 1. The van der Waals surface area contributed by atoms with E-state index in [1.165, 1.54) is 29.5 Å². The van der Waals surface area contributed by atoms with Gasteiger partial charge < -0.3 is 15.0 Å². The molecule has 9 nitrogen and oxygen atoms in total. The van der Waals surface area contributed by atoms with Crippen molar-refractivity contribution in [3.05, 3.63) is 54.9 Å². The number of hydrogen-bond donors (Lipinski definition) is 1. The molecule has 174 valence electrons. The van der Waals surface area contributed by atoms with E-state index in [1.54, 1.807) is 12.4 Å². The van der Waals surface area contributed by atoms with Gasteiger partial charge in [-0.25, -0.2) is 19.6 Å². The highest BCUT2D eigenvalue weighted by Gasteiger charge is 2.30. The molecule has 4 rings (SSSR count). The van der Waals surface area contributed by atoms with E-state index in [0.717, 1.165) is 31.5 Å². The van der Waals surface area contributed by atoms with E-state index in [0.29, 0.717) is 18.2 Å². The van der Waals surface area contributed by atoms with Gasteiger partial charge in [0.1, 0.15) is 37.2 Å². The van der Waals surface area contributed by atoms with Crippen molar-refractivity contribution < 1.29 is 22.7 Å². The van der Waals surface area contributed by atoms with Crippen LogP contribution in [0.3, 0.4) is 0 Å². The number of hydrogen-bond acceptors (Lipinski definition) is 7. The van der Waals surface area contributed by atoms with Crippen molar-refractivity contribution in [2.45, 2.75) is 19.0 Å². The van der Waals surface area contributed by atoms with Crippen LogP contribution in [-0.2, 0) is 11.0 Å². The number of nitrogens with zero attached hydrogens (tertiary/aromatic N) is 6. The topological polar surface area (TPSA) is 98.1 Å². The van der Waals surface area contributed by atoms with Gasteiger partial charge in [-0.15, -0.1) is 0 Å². The van der Waals surface area contributed by atoms with Crippen molar-refractivity contribution in [1.82, 2.24) is 30.0 Å². The van der Waals surface area contributed by atoms with Crippen LogP contribution in [0.25, 0.3) is 5.82 Å². The minimum absolute atomic E-state index is 0.0661. The molecule has 2 aromatic heterocycles. The average Bonchev–Trinajstić information content (AvgIpc) is 3.37. The second-order valence-electron chi connectivity index (χ2n) is 7.52. The molecule has 3 aromatic rings. The van der Waals surface area contributed by atoms with E-state index in [2.05, 4.69) is 25.4 Å². The van der Waals surface area contributed by atoms with Crippen LogP contribution >= 0.6 is 0 Å². The van der Waals surface area contributed by atoms with Crippen molar-refractivity contribution in [3.8, 4) is 11.6 Å². The minimum Gasteiger partial charge on any atom is -0.492 e. The normalized spacial score (nSPS) is 16.5. The largest absolute Gasteiger partial charge is 0.492 e. The summed E-state index contributed by atoms with van der Waals surface area (Å²) in [4.78, 5) is 27.1. The Morgan fingerprint density at radius 3 is 2.82 bits per heavy atom. The summed E-state index contributed by atoms with van der Waals surface area (Å²) in [6.45, 7) is 1.51. The zero-order chi connectivity index (χ0) is 23.3. The number of rotatable bonds is 7. The Balaban J connectivity index is 1.28. The third kappa shape index (κ3) is 5.76. The van der Waals surface area contributed by atoms with Crippen molar-refractivity contribution in [3.63, 3.8) is 0 Å². The van der Waals surface area contributed by atoms with Gasteiger partial charge in [-0.2, -0.15) is 18.3 Å². The summed E-state index contributed by atoms with van der Waals surface area (Å²) in [5.74, 6) is 1.02. The van der Waals surface area contributed by atoms with E-state index in [9.17, 15) is 18.0 Å². The first-order valence-corrected chi connectivity index (χ1v) is 10.4. The smallest absolute Gasteiger partial charge is 0.416 e. The number of nitrogens with one attached hydrogen (secondary N) is 1. The molecule has 0 radical (unpaired) electrons. The monoisotopic (exact) mass is 461 g/mol. The van der Waals surface area contributed by atoms with Gasteiger partial charge >= 0.3 is 6.18 Å².